The normalized spacial score (nSPS) is 13.1. The van der Waals surface area contributed by atoms with Crippen LogP contribution in [0.25, 0.3) is 0 Å². The van der Waals surface area contributed by atoms with Crippen molar-refractivity contribution >= 4 is 39.2 Å². The molecule has 12 heteroatoms. The maximum atomic E-state index is 13.0. The van der Waals surface area contributed by atoms with Crippen molar-refractivity contribution in [1.82, 2.24) is 10.0 Å². The van der Waals surface area contributed by atoms with E-state index in [2.05, 4.69) is 10.0 Å². The molecule has 10 nitrogen and oxygen atoms in total. The average molecular weight is 498 g/mol. The van der Waals surface area contributed by atoms with Gasteiger partial charge in [0.2, 0.25) is 15.9 Å². The van der Waals surface area contributed by atoms with Gasteiger partial charge in [0, 0.05) is 17.2 Å². The van der Waals surface area contributed by atoms with E-state index < -0.39 is 38.9 Å². The number of ether oxygens (including phenoxy) is 1. The topological polar surface area (TPSA) is 145 Å². The molecule has 0 spiro atoms. The third kappa shape index (κ3) is 7.24. The maximum absolute atomic E-state index is 13.0. The van der Waals surface area contributed by atoms with E-state index in [9.17, 15) is 28.1 Å². The van der Waals surface area contributed by atoms with Crippen molar-refractivity contribution in [1.29, 1.82) is 0 Å². The number of halogens is 1. The fourth-order valence-corrected chi connectivity index (χ4v) is 4.30. The van der Waals surface area contributed by atoms with E-state index in [0.717, 1.165) is 24.3 Å². The molecular weight excluding hydrogens is 474 g/mol. The summed E-state index contributed by atoms with van der Waals surface area (Å²) in [5.41, 5.74) is 0.144. The molecule has 0 aliphatic heterocycles. The van der Waals surface area contributed by atoms with Crippen LogP contribution >= 0.6 is 11.6 Å². The highest BCUT2D eigenvalue weighted by Crippen LogP contribution is 2.20. The molecule has 1 amide bonds. The number of rotatable bonds is 11. The summed E-state index contributed by atoms with van der Waals surface area (Å²) in [6, 6.07) is 8.11. The third-order valence-corrected chi connectivity index (χ3v) is 6.48. The highest BCUT2D eigenvalue weighted by Gasteiger charge is 2.30. The number of methoxy groups -OCH3 is 1. The molecule has 0 aliphatic rings. The first-order valence-electron chi connectivity index (χ1n) is 9.99. The molecule has 2 atom stereocenters. The first-order chi connectivity index (χ1) is 15.6. The molecule has 33 heavy (non-hydrogen) atoms. The Kier molecular flexibility index (Phi) is 9.32. The molecule has 2 rings (SSSR count). The van der Waals surface area contributed by atoms with Crippen LogP contribution in [0.5, 0.6) is 0 Å². The fourth-order valence-electron chi connectivity index (χ4n) is 2.95. The number of nitrogens with zero attached hydrogens (tertiary/aromatic N) is 1. The van der Waals surface area contributed by atoms with Crippen molar-refractivity contribution in [2.24, 2.45) is 0 Å². The largest absolute Gasteiger partial charge is 0.467 e. The highest BCUT2D eigenvalue weighted by molar-refractivity contribution is 7.89. The molecule has 0 unspecified atom stereocenters. The van der Waals surface area contributed by atoms with Crippen LogP contribution in [0.2, 0.25) is 5.02 Å². The van der Waals surface area contributed by atoms with Crippen LogP contribution in [-0.2, 0) is 24.3 Å². The van der Waals surface area contributed by atoms with Gasteiger partial charge in [0.05, 0.1) is 16.9 Å². The standard InChI is InChI=1S/C21H24ClN3O7S/c1-3-4-5-18(24-33(30,31)17-12-10-16(11-13-17)25(28)29)20(26)23-19(21(27)32-2)14-6-8-15(22)9-7-14/h6-13,18-19,24H,3-5H2,1-2H3,(H,23,26)/t18-,19-/m0/s1. The lowest BCUT2D eigenvalue weighted by molar-refractivity contribution is -0.384. The molecule has 0 aliphatic carbocycles. The van der Waals surface area contributed by atoms with Crippen LogP contribution in [0.4, 0.5) is 5.69 Å². The van der Waals surface area contributed by atoms with Gasteiger partial charge in [-0.25, -0.2) is 13.2 Å². The van der Waals surface area contributed by atoms with Crippen molar-refractivity contribution in [2.75, 3.05) is 7.11 Å². The molecule has 0 bridgehead atoms. The van der Waals surface area contributed by atoms with Crippen molar-refractivity contribution in [3.8, 4) is 0 Å². The number of benzene rings is 2. The second-order valence-electron chi connectivity index (χ2n) is 7.08. The molecule has 0 saturated heterocycles. The number of hydrogen-bond donors (Lipinski definition) is 2. The minimum absolute atomic E-state index is 0.170. The van der Waals surface area contributed by atoms with E-state index in [1.165, 1.54) is 7.11 Å². The van der Waals surface area contributed by atoms with Crippen LogP contribution in [0.1, 0.15) is 37.8 Å². The molecular formula is C21H24ClN3O7S. The number of carbonyl (C=O) groups is 2. The summed E-state index contributed by atoms with van der Waals surface area (Å²) in [6.07, 6.45) is 1.40. The van der Waals surface area contributed by atoms with Gasteiger partial charge in [-0.2, -0.15) is 4.72 Å². The smallest absolute Gasteiger partial charge is 0.333 e. The van der Waals surface area contributed by atoms with Gasteiger partial charge >= 0.3 is 5.97 Å². The van der Waals surface area contributed by atoms with Gasteiger partial charge in [-0.05, 0) is 36.2 Å². The fraction of sp³-hybridized carbons (Fsp3) is 0.333. The van der Waals surface area contributed by atoms with Crippen LogP contribution < -0.4 is 10.0 Å². The number of amides is 1. The molecule has 2 N–H and O–H groups in total. The zero-order valence-corrected chi connectivity index (χ0v) is 19.6. The minimum Gasteiger partial charge on any atom is -0.467 e. The average Bonchev–Trinajstić information content (AvgIpc) is 2.80. The quantitative estimate of drug-likeness (QED) is 0.275. The van der Waals surface area contributed by atoms with Crippen molar-refractivity contribution < 1.29 is 27.7 Å². The Hall–Kier alpha value is -3.02. The first kappa shape index (κ1) is 26.2. The lowest BCUT2D eigenvalue weighted by Gasteiger charge is -2.22. The number of carbonyl (C=O) groups excluding carboxylic acids is 2. The van der Waals surface area contributed by atoms with E-state index in [-0.39, 0.29) is 17.0 Å². The van der Waals surface area contributed by atoms with Gasteiger partial charge in [0.25, 0.3) is 5.69 Å². The second-order valence-corrected chi connectivity index (χ2v) is 9.23. The molecule has 0 fully saturated rings. The van der Waals surface area contributed by atoms with E-state index in [4.69, 9.17) is 16.3 Å². The summed E-state index contributed by atoms with van der Waals surface area (Å²) in [7, 11) is -3.01. The van der Waals surface area contributed by atoms with Crippen LogP contribution in [0, 0.1) is 10.1 Å². The Morgan fingerprint density at radius 2 is 1.73 bits per heavy atom. The Bertz CT molecular complexity index is 1090. The Balaban J connectivity index is 2.27. The number of nitro benzene ring substituents is 1. The van der Waals surface area contributed by atoms with Crippen LogP contribution in [-0.4, -0.2) is 38.4 Å². The van der Waals surface area contributed by atoms with Gasteiger partial charge in [-0.15, -0.1) is 0 Å². The van der Waals surface area contributed by atoms with Crippen LogP contribution in [0.15, 0.2) is 53.4 Å². The molecule has 2 aromatic carbocycles. The lowest BCUT2D eigenvalue weighted by atomic mass is 10.1. The van der Waals surface area contributed by atoms with E-state index in [0.29, 0.717) is 23.4 Å². The van der Waals surface area contributed by atoms with Crippen molar-refractivity contribution in [2.45, 2.75) is 43.2 Å². The summed E-state index contributed by atoms with van der Waals surface area (Å²) in [5.74, 6) is -1.46. The monoisotopic (exact) mass is 497 g/mol. The molecule has 178 valence electrons. The number of esters is 1. The van der Waals surface area contributed by atoms with Gasteiger partial charge in [0.1, 0.15) is 6.04 Å². The van der Waals surface area contributed by atoms with Crippen molar-refractivity contribution in [3.05, 3.63) is 69.2 Å². The molecule has 0 aromatic heterocycles. The summed E-state index contributed by atoms with van der Waals surface area (Å²) in [6.45, 7) is 1.88. The van der Waals surface area contributed by atoms with Gasteiger partial charge in [0.15, 0.2) is 6.04 Å². The number of non-ortho nitro benzene ring substituents is 1. The van der Waals surface area contributed by atoms with E-state index >= 15 is 0 Å². The second kappa shape index (κ2) is 11.7. The minimum atomic E-state index is -4.18. The SMILES string of the molecule is CCCC[C@H](NS(=O)(=O)c1ccc([N+](=O)[O-])cc1)C(=O)N[C@H](C(=O)OC)c1ccc(Cl)cc1. The van der Waals surface area contributed by atoms with Crippen molar-refractivity contribution in [3.63, 3.8) is 0 Å². The van der Waals surface area contributed by atoms with Gasteiger partial charge in [-0.1, -0.05) is 43.5 Å². The summed E-state index contributed by atoms with van der Waals surface area (Å²) >= 11 is 5.88. The summed E-state index contributed by atoms with van der Waals surface area (Å²) in [5, 5.41) is 13.8. The Labute approximate surface area is 196 Å². The number of sulfonamides is 1. The summed E-state index contributed by atoms with van der Waals surface area (Å²) < 4.78 is 32.7. The number of unbranched alkanes of at least 4 members (excludes halogenated alkanes) is 1. The predicted molar refractivity (Wildman–Crippen MR) is 121 cm³/mol. The molecule has 2 aromatic rings. The summed E-state index contributed by atoms with van der Waals surface area (Å²) in [4.78, 5) is 35.2. The molecule has 0 heterocycles. The predicted octanol–water partition coefficient (Wildman–Crippen LogP) is 3.12. The molecule has 0 radical (unpaired) electrons. The maximum Gasteiger partial charge on any atom is 0.333 e. The number of nitrogens with one attached hydrogen (secondary N) is 2. The number of nitro groups is 1. The highest BCUT2D eigenvalue weighted by atomic mass is 35.5. The number of hydrogen-bond acceptors (Lipinski definition) is 7. The lowest BCUT2D eigenvalue weighted by Crippen LogP contribution is -2.48. The zero-order valence-electron chi connectivity index (χ0n) is 18.0. The van der Waals surface area contributed by atoms with Gasteiger partial charge < -0.3 is 10.1 Å². The molecule has 0 saturated carbocycles. The van der Waals surface area contributed by atoms with E-state index in [1.807, 2.05) is 6.92 Å². The zero-order chi connectivity index (χ0) is 24.6. The Morgan fingerprint density at radius 3 is 2.24 bits per heavy atom. The Morgan fingerprint density at radius 1 is 1.12 bits per heavy atom. The van der Waals surface area contributed by atoms with Crippen LogP contribution in [0.3, 0.4) is 0 Å². The van der Waals surface area contributed by atoms with E-state index in [1.54, 1.807) is 24.3 Å². The van der Waals surface area contributed by atoms with Gasteiger partial charge in [-0.3, -0.25) is 14.9 Å². The first-order valence-corrected chi connectivity index (χ1v) is 11.9. The third-order valence-electron chi connectivity index (χ3n) is 4.74.